The Morgan fingerprint density at radius 1 is 1.24 bits per heavy atom. The van der Waals surface area contributed by atoms with Gasteiger partial charge in [-0.1, -0.05) is 6.07 Å². The zero-order chi connectivity index (χ0) is 15.5. The van der Waals surface area contributed by atoms with Gasteiger partial charge in [-0.3, -0.25) is 9.78 Å². The molecule has 1 heterocycles. The number of nitrogens with one attached hydrogen (secondary N) is 1. The maximum absolute atomic E-state index is 12.2. The molecule has 1 aromatic heterocycles. The molecular weight excluding hydrogens is 290 g/mol. The van der Waals surface area contributed by atoms with E-state index in [0.29, 0.717) is 5.56 Å². The Bertz CT molecular complexity index is 758. The number of aromatic nitrogens is 1. The summed E-state index contributed by atoms with van der Waals surface area (Å²) in [4.78, 5) is 15.2. The molecule has 0 fully saturated rings. The van der Waals surface area contributed by atoms with Crippen LogP contribution in [0.5, 0.6) is 0 Å². The van der Waals surface area contributed by atoms with Crippen LogP contribution in [0.25, 0.3) is 0 Å². The molecule has 0 spiro atoms. The summed E-state index contributed by atoms with van der Waals surface area (Å²) in [5.74, 6) is -0.654. The van der Waals surface area contributed by atoms with Gasteiger partial charge < -0.3 is 5.73 Å². The number of carbonyl (C=O) groups is 1. The van der Waals surface area contributed by atoms with E-state index >= 15 is 0 Å². The molecule has 2 rings (SSSR count). The third kappa shape index (κ3) is 3.65. The van der Waals surface area contributed by atoms with E-state index in [1.54, 1.807) is 37.5 Å². The average molecular weight is 305 g/mol. The number of primary amides is 1. The molecule has 1 amide bonds. The van der Waals surface area contributed by atoms with Crippen molar-refractivity contribution in [1.82, 2.24) is 9.71 Å². The van der Waals surface area contributed by atoms with Crippen LogP contribution >= 0.6 is 0 Å². The average Bonchev–Trinajstić information content (AvgIpc) is 2.46. The highest BCUT2D eigenvalue weighted by molar-refractivity contribution is 7.89. The molecule has 0 aliphatic heterocycles. The number of rotatable bonds is 5. The number of benzene rings is 1. The van der Waals surface area contributed by atoms with Crippen LogP contribution in [0.15, 0.2) is 47.6 Å². The maximum Gasteiger partial charge on any atom is 0.249 e. The van der Waals surface area contributed by atoms with Crippen molar-refractivity contribution in [2.24, 2.45) is 5.73 Å². The quantitative estimate of drug-likeness (QED) is 0.859. The largest absolute Gasteiger partial charge is 0.366 e. The van der Waals surface area contributed by atoms with Gasteiger partial charge in [-0.2, -0.15) is 0 Å². The van der Waals surface area contributed by atoms with Crippen LogP contribution in [0.2, 0.25) is 0 Å². The lowest BCUT2D eigenvalue weighted by atomic mass is 10.1. The molecule has 110 valence electrons. The standard InChI is InChI=1S/C14H15N3O3S/c1-10-2-3-12(8-13(10)14(15)18)21(19,20)17-9-11-4-6-16-7-5-11/h2-8,17H,9H2,1H3,(H2,15,18). The molecule has 21 heavy (non-hydrogen) atoms. The molecule has 0 aliphatic carbocycles. The van der Waals surface area contributed by atoms with Gasteiger partial charge in [-0.05, 0) is 42.3 Å². The molecule has 1 aromatic carbocycles. The predicted molar refractivity (Wildman–Crippen MR) is 78.0 cm³/mol. The Balaban J connectivity index is 2.24. The van der Waals surface area contributed by atoms with Crippen LogP contribution in [0.3, 0.4) is 0 Å². The zero-order valence-electron chi connectivity index (χ0n) is 11.4. The van der Waals surface area contributed by atoms with E-state index in [0.717, 1.165) is 5.56 Å². The Morgan fingerprint density at radius 2 is 1.90 bits per heavy atom. The molecular formula is C14H15N3O3S. The summed E-state index contributed by atoms with van der Waals surface area (Å²) in [6.45, 7) is 1.84. The molecule has 6 nitrogen and oxygen atoms in total. The number of carbonyl (C=O) groups excluding carboxylic acids is 1. The number of nitrogens with zero attached hydrogens (tertiary/aromatic N) is 1. The van der Waals surface area contributed by atoms with Crippen LogP contribution in [0.1, 0.15) is 21.5 Å². The van der Waals surface area contributed by atoms with Gasteiger partial charge in [0.05, 0.1) is 4.90 Å². The van der Waals surface area contributed by atoms with Crippen LogP contribution < -0.4 is 10.5 Å². The summed E-state index contributed by atoms with van der Waals surface area (Å²) in [5.41, 5.74) is 6.85. The van der Waals surface area contributed by atoms with Crippen LogP contribution in [0, 0.1) is 6.92 Å². The van der Waals surface area contributed by atoms with Crippen LogP contribution in [-0.2, 0) is 16.6 Å². The Labute approximate surface area is 123 Å². The Hall–Kier alpha value is -2.25. The highest BCUT2D eigenvalue weighted by Gasteiger charge is 2.16. The second-order valence-electron chi connectivity index (χ2n) is 4.52. The van der Waals surface area contributed by atoms with E-state index in [2.05, 4.69) is 9.71 Å². The highest BCUT2D eigenvalue weighted by Crippen LogP contribution is 2.15. The SMILES string of the molecule is Cc1ccc(S(=O)(=O)NCc2ccncc2)cc1C(N)=O. The molecule has 0 atom stereocenters. The fraction of sp³-hybridized carbons (Fsp3) is 0.143. The van der Waals surface area contributed by atoms with E-state index in [1.807, 2.05) is 0 Å². The van der Waals surface area contributed by atoms with Crippen molar-refractivity contribution < 1.29 is 13.2 Å². The number of nitrogens with two attached hydrogens (primary N) is 1. The van der Waals surface area contributed by atoms with Gasteiger partial charge in [0, 0.05) is 24.5 Å². The van der Waals surface area contributed by atoms with Crippen molar-refractivity contribution in [1.29, 1.82) is 0 Å². The van der Waals surface area contributed by atoms with Gasteiger partial charge in [-0.15, -0.1) is 0 Å². The summed E-state index contributed by atoms with van der Waals surface area (Å²) in [6, 6.07) is 7.71. The summed E-state index contributed by atoms with van der Waals surface area (Å²) in [5, 5.41) is 0. The molecule has 0 unspecified atom stereocenters. The number of hydrogen-bond acceptors (Lipinski definition) is 4. The maximum atomic E-state index is 12.2. The van der Waals surface area contributed by atoms with Crippen LogP contribution in [0.4, 0.5) is 0 Å². The molecule has 2 aromatic rings. The third-order valence-corrected chi connectivity index (χ3v) is 4.40. The van der Waals surface area contributed by atoms with E-state index < -0.39 is 15.9 Å². The molecule has 0 saturated heterocycles. The van der Waals surface area contributed by atoms with Crippen molar-refractivity contribution in [2.75, 3.05) is 0 Å². The van der Waals surface area contributed by atoms with E-state index in [1.165, 1.54) is 12.1 Å². The van der Waals surface area contributed by atoms with E-state index in [4.69, 9.17) is 5.73 Å². The van der Waals surface area contributed by atoms with Gasteiger partial charge in [0.15, 0.2) is 0 Å². The molecule has 0 bridgehead atoms. The fourth-order valence-electron chi connectivity index (χ4n) is 1.80. The second kappa shape index (κ2) is 6.02. The van der Waals surface area contributed by atoms with Gasteiger partial charge in [-0.25, -0.2) is 13.1 Å². The monoisotopic (exact) mass is 305 g/mol. The number of sulfonamides is 1. The third-order valence-electron chi connectivity index (χ3n) is 3.00. The first-order chi connectivity index (χ1) is 9.90. The Morgan fingerprint density at radius 3 is 2.52 bits per heavy atom. The molecule has 0 radical (unpaired) electrons. The fourth-order valence-corrected chi connectivity index (χ4v) is 2.84. The predicted octanol–water partition coefficient (Wildman–Crippen LogP) is 0.967. The molecule has 7 heteroatoms. The highest BCUT2D eigenvalue weighted by atomic mass is 32.2. The normalized spacial score (nSPS) is 11.3. The smallest absolute Gasteiger partial charge is 0.249 e. The van der Waals surface area contributed by atoms with Gasteiger partial charge in [0.25, 0.3) is 0 Å². The minimum absolute atomic E-state index is 0.0101. The molecule has 0 aliphatic rings. The van der Waals surface area contributed by atoms with E-state index in [9.17, 15) is 13.2 Å². The lowest BCUT2D eigenvalue weighted by Gasteiger charge is -2.09. The van der Waals surface area contributed by atoms with Crippen molar-refractivity contribution in [3.63, 3.8) is 0 Å². The topological polar surface area (TPSA) is 102 Å². The lowest BCUT2D eigenvalue weighted by Crippen LogP contribution is -2.24. The van der Waals surface area contributed by atoms with Gasteiger partial charge in [0.1, 0.15) is 0 Å². The zero-order valence-corrected chi connectivity index (χ0v) is 12.2. The summed E-state index contributed by atoms with van der Waals surface area (Å²) in [6.07, 6.45) is 3.17. The van der Waals surface area contributed by atoms with Gasteiger partial charge >= 0.3 is 0 Å². The number of aryl methyl sites for hydroxylation is 1. The first-order valence-electron chi connectivity index (χ1n) is 6.19. The first kappa shape index (κ1) is 15.1. The van der Waals surface area contributed by atoms with Gasteiger partial charge in [0.2, 0.25) is 15.9 Å². The van der Waals surface area contributed by atoms with E-state index in [-0.39, 0.29) is 17.0 Å². The minimum Gasteiger partial charge on any atom is -0.366 e. The lowest BCUT2D eigenvalue weighted by molar-refractivity contribution is 0.0999. The number of pyridine rings is 1. The van der Waals surface area contributed by atoms with Crippen LogP contribution in [-0.4, -0.2) is 19.3 Å². The second-order valence-corrected chi connectivity index (χ2v) is 6.29. The number of hydrogen-bond donors (Lipinski definition) is 2. The Kier molecular flexibility index (Phi) is 4.35. The van der Waals surface area contributed by atoms with Crippen molar-refractivity contribution in [3.8, 4) is 0 Å². The van der Waals surface area contributed by atoms with Crippen molar-refractivity contribution >= 4 is 15.9 Å². The van der Waals surface area contributed by atoms with Crippen molar-refractivity contribution in [3.05, 3.63) is 59.4 Å². The summed E-state index contributed by atoms with van der Waals surface area (Å²) >= 11 is 0. The minimum atomic E-state index is -3.71. The van der Waals surface area contributed by atoms with Crippen molar-refractivity contribution in [2.45, 2.75) is 18.4 Å². The molecule has 3 N–H and O–H groups in total. The summed E-state index contributed by atoms with van der Waals surface area (Å²) in [7, 11) is -3.71. The first-order valence-corrected chi connectivity index (χ1v) is 7.67. The summed E-state index contributed by atoms with van der Waals surface area (Å²) < 4.78 is 26.9. The molecule has 0 saturated carbocycles. The number of amides is 1.